The Balaban J connectivity index is 1.97. The summed E-state index contributed by atoms with van der Waals surface area (Å²) < 4.78 is 2.36. The molecule has 0 saturated heterocycles. The zero-order chi connectivity index (χ0) is 18.4. The van der Waals surface area contributed by atoms with E-state index in [1.165, 1.54) is 12.4 Å². The molecule has 0 aliphatic heterocycles. The molecule has 4 aromatic rings. The van der Waals surface area contributed by atoms with Gasteiger partial charge in [0.2, 0.25) is 0 Å². The number of hydrogen-bond acceptors (Lipinski definition) is 5. The summed E-state index contributed by atoms with van der Waals surface area (Å²) >= 11 is 15.9. The van der Waals surface area contributed by atoms with Gasteiger partial charge >= 0.3 is 0 Å². The third-order valence-corrected chi connectivity index (χ3v) is 4.85. The molecule has 2 aromatic heterocycles. The van der Waals surface area contributed by atoms with E-state index in [2.05, 4.69) is 31.2 Å². The predicted molar refractivity (Wildman–Crippen MR) is 105 cm³/mol. The molecule has 0 aliphatic rings. The lowest BCUT2D eigenvalue weighted by Gasteiger charge is -2.13. The molecule has 0 aliphatic carbocycles. The second kappa shape index (κ2) is 6.39. The number of hydrogen-bond donors (Lipinski definition) is 1. The first kappa shape index (κ1) is 17.0. The van der Waals surface area contributed by atoms with Gasteiger partial charge in [-0.1, -0.05) is 45.2 Å². The maximum atomic E-state index is 11.4. The minimum atomic E-state index is -0.445. The zero-order valence-electron chi connectivity index (χ0n) is 12.8. The van der Waals surface area contributed by atoms with Gasteiger partial charge in [-0.3, -0.25) is 14.5 Å². The summed E-state index contributed by atoms with van der Waals surface area (Å²) in [5.74, 6) is 0.432. The van der Waals surface area contributed by atoms with Crippen LogP contribution in [0.15, 0.2) is 47.3 Å². The van der Waals surface area contributed by atoms with Gasteiger partial charge in [-0.2, -0.15) is 0 Å². The number of nitrogens with one attached hydrogen (secondary N) is 1. The van der Waals surface area contributed by atoms with Crippen LogP contribution in [-0.2, 0) is 0 Å². The van der Waals surface area contributed by atoms with Crippen LogP contribution in [0.4, 0.5) is 17.2 Å². The maximum Gasteiger partial charge on any atom is 0.295 e. The monoisotopic (exact) mass is 451 g/mol. The van der Waals surface area contributed by atoms with Crippen molar-refractivity contribution in [2.24, 2.45) is 0 Å². The van der Waals surface area contributed by atoms with Crippen molar-refractivity contribution < 1.29 is 4.92 Å². The van der Waals surface area contributed by atoms with Crippen LogP contribution in [0.2, 0.25) is 10.0 Å². The van der Waals surface area contributed by atoms with Crippen LogP contribution in [0.1, 0.15) is 0 Å². The molecule has 130 valence electrons. The third-order valence-electron chi connectivity index (χ3n) is 3.79. The molecule has 0 unspecified atom stereocenters. The Morgan fingerprint density at radius 3 is 2.65 bits per heavy atom. The molecule has 0 radical (unpaired) electrons. The fourth-order valence-corrected chi connectivity index (χ4v) is 4.00. The van der Waals surface area contributed by atoms with E-state index in [-0.39, 0.29) is 5.69 Å². The lowest BCUT2D eigenvalue weighted by atomic mass is 10.2. The lowest BCUT2D eigenvalue weighted by molar-refractivity contribution is -0.383. The normalized spacial score (nSPS) is 11.2. The van der Waals surface area contributed by atoms with E-state index in [1.54, 1.807) is 34.9 Å². The van der Waals surface area contributed by atoms with Crippen molar-refractivity contribution in [3.8, 4) is 0 Å². The van der Waals surface area contributed by atoms with Gasteiger partial charge < -0.3 is 5.32 Å². The van der Waals surface area contributed by atoms with E-state index in [0.717, 1.165) is 4.47 Å². The van der Waals surface area contributed by atoms with Crippen LogP contribution in [0, 0.1) is 10.1 Å². The largest absolute Gasteiger partial charge is 0.336 e. The number of anilines is 2. The topological polar surface area (TPSA) is 85.4 Å². The highest BCUT2D eigenvalue weighted by Crippen LogP contribution is 2.37. The second-order valence-corrected chi connectivity index (χ2v) is 7.11. The van der Waals surface area contributed by atoms with Crippen molar-refractivity contribution in [3.05, 3.63) is 67.5 Å². The van der Waals surface area contributed by atoms with Crippen molar-refractivity contribution in [2.45, 2.75) is 0 Å². The molecule has 2 aromatic carbocycles. The average Bonchev–Trinajstić information content (AvgIpc) is 3.07. The van der Waals surface area contributed by atoms with E-state index in [4.69, 9.17) is 23.2 Å². The predicted octanol–water partition coefficient (Wildman–Crippen LogP) is 5.60. The fraction of sp³-hybridized carbons (Fsp3) is 0. The summed E-state index contributed by atoms with van der Waals surface area (Å²) in [7, 11) is 0. The van der Waals surface area contributed by atoms with Crippen LogP contribution in [0.3, 0.4) is 0 Å². The molecule has 4 rings (SSSR count). The SMILES string of the molecule is O=[N+]([O-])c1cccc2nc(Nc3c(Cl)cc(Br)cc3Cl)c3cncn3c12. The highest BCUT2D eigenvalue weighted by Gasteiger charge is 2.19. The van der Waals surface area contributed by atoms with Crippen molar-refractivity contribution in [2.75, 3.05) is 5.32 Å². The van der Waals surface area contributed by atoms with Crippen molar-refractivity contribution in [3.63, 3.8) is 0 Å². The number of imidazole rings is 1. The van der Waals surface area contributed by atoms with Gasteiger partial charge in [0.25, 0.3) is 5.69 Å². The molecule has 7 nitrogen and oxygen atoms in total. The Morgan fingerprint density at radius 1 is 1.23 bits per heavy atom. The molecule has 0 saturated carbocycles. The van der Waals surface area contributed by atoms with E-state index in [0.29, 0.717) is 38.1 Å². The van der Waals surface area contributed by atoms with Crippen LogP contribution >= 0.6 is 39.1 Å². The van der Waals surface area contributed by atoms with Gasteiger partial charge in [0.15, 0.2) is 11.3 Å². The van der Waals surface area contributed by atoms with Crippen LogP contribution in [-0.4, -0.2) is 19.3 Å². The number of fused-ring (bicyclic) bond motifs is 3. The van der Waals surface area contributed by atoms with E-state index >= 15 is 0 Å². The summed E-state index contributed by atoms with van der Waals surface area (Å²) in [4.78, 5) is 19.5. The van der Waals surface area contributed by atoms with Crippen molar-refractivity contribution in [1.29, 1.82) is 0 Å². The van der Waals surface area contributed by atoms with Crippen molar-refractivity contribution >= 4 is 72.9 Å². The first-order valence-corrected chi connectivity index (χ1v) is 8.81. The second-order valence-electron chi connectivity index (χ2n) is 5.38. The number of benzene rings is 2. The summed E-state index contributed by atoms with van der Waals surface area (Å²) in [6.07, 6.45) is 3.06. The molecule has 26 heavy (non-hydrogen) atoms. The zero-order valence-corrected chi connectivity index (χ0v) is 15.9. The van der Waals surface area contributed by atoms with Gasteiger partial charge in [0, 0.05) is 10.5 Å². The number of aromatic nitrogens is 3. The minimum Gasteiger partial charge on any atom is -0.336 e. The Kier molecular flexibility index (Phi) is 4.18. The molecular formula is C16H8BrCl2N5O2. The maximum absolute atomic E-state index is 11.4. The van der Waals surface area contributed by atoms with Gasteiger partial charge in [-0.25, -0.2) is 9.97 Å². The standard InChI is InChI=1S/C16H8BrCl2N5O2/c17-8-4-9(18)14(10(19)5-8)22-16-13-6-20-7-23(13)15-11(21-16)2-1-3-12(15)24(25)26/h1-7H,(H,21,22). The smallest absolute Gasteiger partial charge is 0.295 e. The van der Waals surface area contributed by atoms with E-state index < -0.39 is 4.92 Å². The average molecular weight is 453 g/mol. The molecule has 10 heteroatoms. The van der Waals surface area contributed by atoms with Gasteiger partial charge in [-0.15, -0.1) is 0 Å². The van der Waals surface area contributed by atoms with Gasteiger partial charge in [0.05, 0.1) is 32.4 Å². The number of halogens is 3. The highest BCUT2D eigenvalue weighted by atomic mass is 79.9. The van der Waals surface area contributed by atoms with Crippen molar-refractivity contribution in [1.82, 2.24) is 14.4 Å². The Morgan fingerprint density at radius 2 is 1.96 bits per heavy atom. The van der Waals surface area contributed by atoms with Gasteiger partial charge in [-0.05, 0) is 18.2 Å². The Hall–Kier alpha value is -2.42. The van der Waals surface area contributed by atoms with Gasteiger partial charge in [0.1, 0.15) is 11.8 Å². The number of para-hydroxylation sites is 1. The summed E-state index contributed by atoms with van der Waals surface area (Å²) in [6.45, 7) is 0. The number of nitro benzene ring substituents is 1. The quantitative estimate of drug-likeness (QED) is 0.322. The molecule has 0 amide bonds. The molecule has 2 heterocycles. The Bertz CT molecular complexity index is 1170. The molecular weight excluding hydrogens is 445 g/mol. The third kappa shape index (κ3) is 2.76. The first-order valence-electron chi connectivity index (χ1n) is 7.26. The molecule has 0 bridgehead atoms. The van der Waals surface area contributed by atoms with Crippen LogP contribution < -0.4 is 5.32 Å². The van der Waals surface area contributed by atoms with E-state index in [9.17, 15) is 10.1 Å². The molecule has 0 fully saturated rings. The van der Waals surface area contributed by atoms with Crippen LogP contribution in [0.5, 0.6) is 0 Å². The number of non-ortho nitro benzene ring substituents is 1. The molecule has 0 spiro atoms. The molecule has 0 atom stereocenters. The molecule has 1 N–H and O–H groups in total. The Labute approximate surface area is 164 Å². The van der Waals surface area contributed by atoms with Crippen LogP contribution in [0.25, 0.3) is 16.6 Å². The lowest BCUT2D eigenvalue weighted by Crippen LogP contribution is -2.02. The minimum absolute atomic E-state index is 0.0516. The summed E-state index contributed by atoms with van der Waals surface area (Å²) in [6, 6.07) is 8.11. The first-order chi connectivity index (χ1) is 12.5. The number of rotatable bonds is 3. The summed E-state index contributed by atoms with van der Waals surface area (Å²) in [5, 5.41) is 15.3. The fourth-order valence-electron chi connectivity index (χ4n) is 2.70. The number of nitrogens with zero attached hydrogens (tertiary/aromatic N) is 4. The van der Waals surface area contributed by atoms with E-state index in [1.807, 2.05) is 0 Å². The summed E-state index contributed by atoms with van der Waals surface area (Å²) in [5.41, 5.74) is 1.79. The highest BCUT2D eigenvalue weighted by molar-refractivity contribution is 9.10. The number of nitro groups is 1.